The van der Waals surface area contributed by atoms with Gasteiger partial charge in [-0.2, -0.15) is 0 Å². The Morgan fingerprint density at radius 3 is 2.82 bits per heavy atom. The van der Waals surface area contributed by atoms with Gasteiger partial charge in [-0.15, -0.1) is 10.2 Å². The summed E-state index contributed by atoms with van der Waals surface area (Å²) in [6, 6.07) is 10.5. The van der Waals surface area contributed by atoms with Gasteiger partial charge in [0.2, 0.25) is 11.8 Å². The van der Waals surface area contributed by atoms with Crippen LogP contribution in [0, 0.1) is 0 Å². The molecule has 0 spiro atoms. The summed E-state index contributed by atoms with van der Waals surface area (Å²) in [5.41, 5.74) is 0.683. The van der Waals surface area contributed by atoms with Gasteiger partial charge in [0.15, 0.2) is 5.76 Å². The predicted octanol–water partition coefficient (Wildman–Crippen LogP) is 2.96. The van der Waals surface area contributed by atoms with Gasteiger partial charge in [-0.05, 0) is 24.3 Å². The van der Waals surface area contributed by atoms with E-state index in [1.54, 1.807) is 24.3 Å². The largest absolute Gasteiger partial charge is 0.459 e. The summed E-state index contributed by atoms with van der Waals surface area (Å²) in [6.07, 6.45) is 1.87. The molecule has 0 saturated heterocycles. The van der Waals surface area contributed by atoms with Gasteiger partial charge < -0.3 is 14.2 Å². The number of aromatic nitrogens is 2. The number of halogens is 1. The van der Waals surface area contributed by atoms with Crippen LogP contribution in [0.5, 0.6) is 0 Å². The van der Waals surface area contributed by atoms with E-state index >= 15 is 0 Å². The monoisotopic (exact) mass is 317 g/mol. The summed E-state index contributed by atoms with van der Waals surface area (Å²) >= 11 is 6.08. The van der Waals surface area contributed by atoms with E-state index in [2.05, 4.69) is 15.5 Å². The van der Waals surface area contributed by atoms with E-state index in [1.807, 2.05) is 12.1 Å². The lowest BCUT2D eigenvalue weighted by atomic mass is 10.2. The first-order valence-electron chi connectivity index (χ1n) is 6.63. The Morgan fingerprint density at radius 2 is 2.05 bits per heavy atom. The maximum atomic E-state index is 11.7. The lowest BCUT2D eigenvalue weighted by Gasteiger charge is -2.00. The van der Waals surface area contributed by atoms with E-state index in [9.17, 15) is 4.79 Å². The normalized spacial score (nSPS) is 10.6. The second-order valence-electron chi connectivity index (χ2n) is 4.46. The molecule has 1 amide bonds. The zero-order chi connectivity index (χ0) is 15.4. The van der Waals surface area contributed by atoms with Crippen LogP contribution in [-0.4, -0.2) is 22.6 Å². The van der Waals surface area contributed by atoms with E-state index < -0.39 is 0 Å². The van der Waals surface area contributed by atoms with Crippen molar-refractivity contribution < 1.29 is 13.6 Å². The summed E-state index contributed by atoms with van der Waals surface area (Å²) in [7, 11) is 0. The van der Waals surface area contributed by atoms with Crippen molar-refractivity contribution in [3.8, 4) is 11.5 Å². The molecule has 0 aliphatic rings. The smallest absolute Gasteiger partial charge is 0.286 e. The van der Waals surface area contributed by atoms with E-state index in [0.29, 0.717) is 35.3 Å². The molecule has 112 valence electrons. The number of rotatable bonds is 5. The van der Waals surface area contributed by atoms with Gasteiger partial charge in [0.05, 0.1) is 16.8 Å². The molecule has 0 aliphatic heterocycles. The number of benzene rings is 1. The predicted molar refractivity (Wildman–Crippen MR) is 79.5 cm³/mol. The lowest BCUT2D eigenvalue weighted by Crippen LogP contribution is -2.25. The number of carbonyl (C=O) groups excluding carboxylic acids is 1. The molecule has 0 bridgehead atoms. The Labute approximate surface area is 131 Å². The van der Waals surface area contributed by atoms with E-state index in [-0.39, 0.29) is 11.7 Å². The quantitative estimate of drug-likeness (QED) is 0.782. The average molecular weight is 318 g/mol. The number of furan rings is 1. The van der Waals surface area contributed by atoms with Crippen LogP contribution in [0.25, 0.3) is 11.5 Å². The van der Waals surface area contributed by atoms with Crippen molar-refractivity contribution in [2.24, 2.45) is 0 Å². The van der Waals surface area contributed by atoms with E-state index in [1.165, 1.54) is 6.26 Å². The van der Waals surface area contributed by atoms with Crippen molar-refractivity contribution >= 4 is 17.5 Å². The van der Waals surface area contributed by atoms with E-state index in [4.69, 9.17) is 20.4 Å². The summed E-state index contributed by atoms with van der Waals surface area (Å²) in [6.45, 7) is 0.365. The third-order valence-electron chi connectivity index (χ3n) is 2.94. The van der Waals surface area contributed by atoms with Crippen LogP contribution in [0.2, 0.25) is 5.02 Å². The summed E-state index contributed by atoms with van der Waals surface area (Å²) in [5.74, 6) is 0.769. The van der Waals surface area contributed by atoms with Gasteiger partial charge in [-0.25, -0.2) is 0 Å². The van der Waals surface area contributed by atoms with Crippen LogP contribution in [0.3, 0.4) is 0 Å². The minimum absolute atomic E-state index is 0.266. The highest BCUT2D eigenvalue weighted by atomic mass is 35.5. The van der Waals surface area contributed by atoms with Crippen molar-refractivity contribution in [2.75, 3.05) is 6.54 Å². The molecule has 0 saturated carbocycles. The Hall–Kier alpha value is -2.60. The number of nitrogens with one attached hydrogen (secondary N) is 1. The molecular weight excluding hydrogens is 306 g/mol. The van der Waals surface area contributed by atoms with Crippen molar-refractivity contribution in [1.29, 1.82) is 0 Å². The molecule has 2 heterocycles. The Kier molecular flexibility index (Phi) is 4.20. The molecule has 7 heteroatoms. The summed E-state index contributed by atoms with van der Waals surface area (Å²) in [5, 5.41) is 11.2. The first kappa shape index (κ1) is 14.3. The molecule has 6 nitrogen and oxygen atoms in total. The van der Waals surface area contributed by atoms with Crippen LogP contribution in [0.1, 0.15) is 16.4 Å². The van der Waals surface area contributed by atoms with Crippen LogP contribution < -0.4 is 5.32 Å². The standard InChI is InChI=1S/C15H12ClN3O3/c16-11-5-2-1-4-10(11)15-19-18-13(22-15)7-8-17-14(20)12-6-3-9-21-12/h1-6,9H,7-8H2,(H,17,20). The molecule has 3 rings (SSSR count). The number of amides is 1. The summed E-state index contributed by atoms with van der Waals surface area (Å²) in [4.78, 5) is 11.7. The molecule has 0 unspecified atom stereocenters. The van der Waals surface area contributed by atoms with Gasteiger partial charge in [0, 0.05) is 13.0 Å². The first-order chi connectivity index (χ1) is 10.7. The Balaban J connectivity index is 1.58. The molecule has 1 N–H and O–H groups in total. The third kappa shape index (κ3) is 3.17. The number of nitrogens with zero attached hydrogens (tertiary/aromatic N) is 2. The fourth-order valence-electron chi connectivity index (χ4n) is 1.88. The average Bonchev–Trinajstić information content (AvgIpc) is 3.19. The maximum absolute atomic E-state index is 11.7. The molecule has 0 atom stereocenters. The van der Waals surface area contributed by atoms with Crippen LogP contribution in [-0.2, 0) is 6.42 Å². The van der Waals surface area contributed by atoms with Crippen molar-refractivity contribution in [1.82, 2.24) is 15.5 Å². The highest BCUT2D eigenvalue weighted by Gasteiger charge is 2.12. The molecule has 1 aromatic carbocycles. The van der Waals surface area contributed by atoms with Gasteiger partial charge in [0.25, 0.3) is 5.91 Å². The van der Waals surface area contributed by atoms with Gasteiger partial charge >= 0.3 is 0 Å². The molecule has 0 aliphatic carbocycles. The lowest BCUT2D eigenvalue weighted by molar-refractivity contribution is 0.0926. The Bertz CT molecular complexity index is 768. The molecule has 2 aromatic heterocycles. The fourth-order valence-corrected chi connectivity index (χ4v) is 2.09. The minimum atomic E-state index is -0.282. The second-order valence-corrected chi connectivity index (χ2v) is 4.87. The van der Waals surface area contributed by atoms with Crippen molar-refractivity contribution in [3.63, 3.8) is 0 Å². The number of carbonyl (C=O) groups is 1. The fraction of sp³-hybridized carbons (Fsp3) is 0.133. The van der Waals surface area contributed by atoms with Gasteiger partial charge in [-0.1, -0.05) is 23.7 Å². The molecular formula is C15H12ClN3O3. The first-order valence-corrected chi connectivity index (χ1v) is 7.01. The number of hydrogen-bond acceptors (Lipinski definition) is 5. The van der Waals surface area contributed by atoms with E-state index in [0.717, 1.165) is 0 Å². The van der Waals surface area contributed by atoms with Crippen molar-refractivity contribution in [3.05, 3.63) is 59.3 Å². The number of hydrogen-bond donors (Lipinski definition) is 1. The minimum Gasteiger partial charge on any atom is -0.459 e. The maximum Gasteiger partial charge on any atom is 0.286 e. The molecule has 22 heavy (non-hydrogen) atoms. The van der Waals surface area contributed by atoms with Crippen molar-refractivity contribution in [2.45, 2.75) is 6.42 Å². The Morgan fingerprint density at radius 1 is 1.18 bits per heavy atom. The van der Waals surface area contributed by atoms with Gasteiger partial charge in [0.1, 0.15) is 0 Å². The highest BCUT2D eigenvalue weighted by molar-refractivity contribution is 6.33. The second kappa shape index (κ2) is 6.44. The summed E-state index contributed by atoms with van der Waals surface area (Å²) < 4.78 is 10.5. The molecule has 0 radical (unpaired) electrons. The molecule has 0 fully saturated rings. The SMILES string of the molecule is O=C(NCCc1nnc(-c2ccccc2Cl)o1)c1ccco1. The van der Waals surface area contributed by atoms with Crippen LogP contribution in [0.15, 0.2) is 51.5 Å². The zero-order valence-corrected chi connectivity index (χ0v) is 12.2. The molecule has 3 aromatic rings. The third-order valence-corrected chi connectivity index (χ3v) is 3.27. The highest BCUT2D eigenvalue weighted by Crippen LogP contribution is 2.26. The van der Waals surface area contributed by atoms with Crippen LogP contribution in [0.4, 0.5) is 0 Å². The zero-order valence-electron chi connectivity index (χ0n) is 11.5. The topological polar surface area (TPSA) is 81.2 Å². The van der Waals surface area contributed by atoms with Gasteiger partial charge in [-0.3, -0.25) is 4.79 Å². The van der Waals surface area contributed by atoms with Crippen LogP contribution >= 0.6 is 11.6 Å².